The molecule has 0 spiro atoms. The second kappa shape index (κ2) is 4.91. The van der Waals surface area contributed by atoms with Gasteiger partial charge in [0.2, 0.25) is 5.95 Å². The summed E-state index contributed by atoms with van der Waals surface area (Å²) in [4.78, 5) is 7.33. The van der Waals surface area contributed by atoms with Crippen LogP contribution < -0.4 is 0 Å². The Kier molecular flexibility index (Phi) is 3.82. The van der Waals surface area contributed by atoms with Gasteiger partial charge in [-0.3, -0.25) is 0 Å². The minimum Gasteiger partial charge on any atom is -0.501 e. The maximum absolute atomic E-state index is 12.9. The zero-order valence-corrected chi connectivity index (χ0v) is 8.58. The first-order chi connectivity index (χ1) is 6.24. The fourth-order valence-corrected chi connectivity index (χ4v) is 0.974. The quantitative estimate of drug-likeness (QED) is 0.769. The zero-order valence-electron chi connectivity index (χ0n) is 7.00. The van der Waals surface area contributed by atoms with Gasteiger partial charge in [0.1, 0.15) is 10.3 Å². The monoisotopic (exact) mass is 246 g/mol. The highest BCUT2D eigenvalue weighted by atomic mass is 79.9. The molecule has 0 N–H and O–H groups in total. The van der Waals surface area contributed by atoms with E-state index in [-0.39, 0.29) is 5.69 Å². The molecule has 0 aliphatic carbocycles. The van der Waals surface area contributed by atoms with Crippen LogP contribution >= 0.6 is 15.9 Å². The van der Waals surface area contributed by atoms with Crippen LogP contribution in [0.2, 0.25) is 0 Å². The standard InChI is InChI=1S/C8H8BrFN2O/c1-2-13-4-3-6-8(10)11-5-7(9)12-6/h3-5H,2H2,1H3/b4-3+. The molecule has 1 heterocycles. The van der Waals surface area contributed by atoms with Crippen molar-refractivity contribution in [2.75, 3.05) is 6.61 Å². The third-order valence-corrected chi connectivity index (χ3v) is 1.59. The smallest absolute Gasteiger partial charge is 0.238 e. The van der Waals surface area contributed by atoms with Crippen molar-refractivity contribution in [3.05, 3.63) is 28.7 Å². The summed E-state index contributed by atoms with van der Waals surface area (Å²) in [6.07, 6.45) is 4.11. The van der Waals surface area contributed by atoms with Gasteiger partial charge in [-0.05, 0) is 22.9 Å². The van der Waals surface area contributed by atoms with Gasteiger partial charge in [0.05, 0.1) is 19.1 Å². The number of rotatable bonds is 3. The Morgan fingerprint density at radius 1 is 1.69 bits per heavy atom. The minimum atomic E-state index is -0.612. The van der Waals surface area contributed by atoms with Crippen LogP contribution in [0.25, 0.3) is 6.08 Å². The van der Waals surface area contributed by atoms with Gasteiger partial charge in [-0.1, -0.05) is 0 Å². The van der Waals surface area contributed by atoms with Crippen LogP contribution in [0.1, 0.15) is 12.6 Å². The van der Waals surface area contributed by atoms with E-state index in [2.05, 4.69) is 25.9 Å². The van der Waals surface area contributed by atoms with Crippen LogP contribution in [-0.2, 0) is 4.74 Å². The van der Waals surface area contributed by atoms with Crippen LogP contribution in [-0.4, -0.2) is 16.6 Å². The summed E-state index contributed by atoms with van der Waals surface area (Å²) in [5.74, 6) is -0.612. The van der Waals surface area contributed by atoms with Gasteiger partial charge in [0.25, 0.3) is 0 Å². The third kappa shape index (κ3) is 3.10. The topological polar surface area (TPSA) is 35.0 Å². The first kappa shape index (κ1) is 10.1. The normalized spacial score (nSPS) is 10.7. The lowest BCUT2D eigenvalue weighted by Crippen LogP contribution is -1.92. The van der Waals surface area contributed by atoms with Gasteiger partial charge in [0, 0.05) is 6.08 Å². The van der Waals surface area contributed by atoms with Crippen molar-refractivity contribution >= 4 is 22.0 Å². The summed E-state index contributed by atoms with van der Waals surface area (Å²) in [5.41, 5.74) is 0.155. The first-order valence-electron chi connectivity index (χ1n) is 3.70. The molecular weight excluding hydrogens is 239 g/mol. The van der Waals surface area contributed by atoms with Crippen LogP contribution in [0.4, 0.5) is 4.39 Å². The maximum Gasteiger partial charge on any atom is 0.238 e. The van der Waals surface area contributed by atoms with E-state index in [4.69, 9.17) is 4.74 Å². The fourth-order valence-electron chi connectivity index (χ4n) is 0.681. The lowest BCUT2D eigenvalue weighted by Gasteiger charge is -1.96. The second-order valence-electron chi connectivity index (χ2n) is 2.13. The van der Waals surface area contributed by atoms with Crippen molar-refractivity contribution in [2.24, 2.45) is 0 Å². The molecule has 0 atom stereocenters. The van der Waals surface area contributed by atoms with E-state index in [1.165, 1.54) is 18.5 Å². The van der Waals surface area contributed by atoms with Gasteiger partial charge in [-0.2, -0.15) is 4.39 Å². The molecule has 1 rings (SSSR count). The Labute approximate surface area is 83.8 Å². The summed E-state index contributed by atoms with van der Waals surface area (Å²) in [6, 6.07) is 0. The number of hydrogen-bond acceptors (Lipinski definition) is 3. The van der Waals surface area contributed by atoms with Crippen LogP contribution in [0.5, 0.6) is 0 Å². The molecule has 0 aliphatic rings. The fraction of sp³-hybridized carbons (Fsp3) is 0.250. The molecule has 0 fully saturated rings. The molecule has 13 heavy (non-hydrogen) atoms. The molecule has 0 unspecified atom stereocenters. The molecule has 1 aromatic heterocycles. The minimum absolute atomic E-state index is 0.155. The number of hydrogen-bond donors (Lipinski definition) is 0. The van der Waals surface area contributed by atoms with Gasteiger partial charge in [-0.25, -0.2) is 9.97 Å². The molecule has 0 radical (unpaired) electrons. The van der Waals surface area contributed by atoms with Gasteiger partial charge >= 0.3 is 0 Å². The highest BCUT2D eigenvalue weighted by molar-refractivity contribution is 9.10. The SMILES string of the molecule is CCO/C=C/c1nc(Br)cnc1F. The summed E-state index contributed by atoms with van der Waals surface area (Å²) >= 11 is 3.09. The summed E-state index contributed by atoms with van der Waals surface area (Å²) in [7, 11) is 0. The van der Waals surface area contributed by atoms with Crippen molar-refractivity contribution < 1.29 is 9.13 Å². The summed E-state index contributed by atoms with van der Waals surface area (Å²) in [6.45, 7) is 2.38. The Morgan fingerprint density at radius 2 is 2.46 bits per heavy atom. The van der Waals surface area contributed by atoms with Crippen molar-refractivity contribution in [1.29, 1.82) is 0 Å². The van der Waals surface area contributed by atoms with Gasteiger partial charge < -0.3 is 4.74 Å². The number of aromatic nitrogens is 2. The molecule has 0 amide bonds. The average molecular weight is 247 g/mol. The Hall–Kier alpha value is -0.970. The van der Waals surface area contributed by atoms with E-state index in [1.807, 2.05) is 6.92 Å². The molecule has 0 bridgehead atoms. The van der Waals surface area contributed by atoms with Gasteiger partial charge in [0.15, 0.2) is 0 Å². The molecular formula is C8H8BrFN2O. The highest BCUT2D eigenvalue weighted by Crippen LogP contribution is 2.08. The predicted octanol–water partition coefficient (Wildman–Crippen LogP) is 2.39. The van der Waals surface area contributed by atoms with Crippen molar-refractivity contribution in [2.45, 2.75) is 6.92 Å². The highest BCUT2D eigenvalue weighted by Gasteiger charge is 2.01. The Balaban J connectivity index is 2.81. The lowest BCUT2D eigenvalue weighted by atomic mass is 10.4. The Morgan fingerprint density at radius 3 is 3.15 bits per heavy atom. The van der Waals surface area contributed by atoms with E-state index in [0.717, 1.165) is 0 Å². The predicted molar refractivity (Wildman–Crippen MR) is 50.4 cm³/mol. The Bertz CT molecular complexity index is 317. The molecule has 3 nitrogen and oxygen atoms in total. The van der Waals surface area contributed by atoms with Crippen LogP contribution in [0, 0.1) is 5.95 Å². The van der Waals surface area contributed by atoms with Crippen molar-refractivity contribution in [3.8, 4) is 0 Å². The third-order valence-electron chi connectivity index (χ3n) is 1.21. The molecule has 5 heteroatoms. The molecule has 0 saturated carbocycles. The van der Waals surface area contributed by atoms with Crippen molar-refractivity contribution in [3.63, 3.8) is 0 Å². The summed E-state index contributed by atoms with van der Waals surface area (Å²) in [5, 5.41) is 0. The first-order valence-corrected chi connectivity index (χ1v) is 4.49. The zero-order chi connectivity index (χ0) is 9.68. The second-order valence-corrected chi connectivity index (χ2v) is 2.94. The van der Waals surface area contributed by atoms with E-state index in [0.29, 0.717) is 11.2 Å². The van der Waals surface area contributed by atoms with E-state index in [9.17, 15) is 4.39 Å². The molecule has 0 aromatic carbocycles. The van der Waals surface area contributed by atoms with Crippen LogP contribution in [0.3, 0.4) is 0 Å². The molecule has 0 aliphatic heterocycles. The number of nitrogens with zero attached hydrogens (tertiary/aromatic N) is 2. The largest absolute Gasteiger partial charge is 0.501 e. The number of halogens is 2. The van der Waals surface area contributed by atoms with Gasteiger partial charge in [-0.15, -0.1) is 0 Å². The van der Waals surface area contributed by atoms with Crippen LogP contribution in [0.15, 0.2) is 17.1 Å². The van der Waals surface area contributed by atoms with E-state index < -0.39 is 5.95 Å². The van der Waals surface area contributed by atoms with E-state index in [1.54, 1.807) is 0 Å². The van der Waals surface area contributed by atoms with E-state index >= 15 is 0 Å². The number of ether oxygens (including phenoxy) is 1. The van der Waals surface area contributed by atoms with Crippen molar-refractivity contribution in [1.82, 2.24) is 9.97 Å². The summed E-state index contributed by atoms with van der Waals surface area (Å²) < 4.78 is 18.3. The average Bonchev–Trinajstić information content (AvgIpc) is 2.11. The molecule has 70 valence electrons. The molecule has 1 aromatic rings. The maximum atomic E-state index is 12.9. The molecule has 0 saturated heterocycles. The lowest BCUT2D eigenvalue weighted by molar-refractivity contribution is 0.272.